The summed E-state index contributed by atoms with van der Waals surface area (Å²) in [5.74, 6) is -0.807. The van der Waals surface area contributed by atoms with Crippen molar-refractivity contribution in [3.05, 3.63) is 0 Å². The van der Waals surface area contributed by atoms with Gasteiger partial charge in [0.2, 0.25) is 11.8 Å². The zero-order valence-electron chi connectivity index (χ0n) is 14.3. The number of primary amides is 1. The van der Waals surface area contributed by atoms with Crippen LogP contribution >= 0.6 is 0 Å². The summed E-state index contributed by atoms with van der Waals surface area (Å²) >= 11 is 0. The van der Waals surface area contributed by atoms with Gasteiger partial charge in [-0.3, -0.25) is 9.59 Å². The molecule has 1 aliphatic rings. The molecule has 1 saturated heterocycles. The molecule has 0 radical (unpaired) electrons. The van der Waals surface area contributed by atoms with E-state index in [9.17, 15) is 14.7 Å². The molecule has 0 aliphatic carbocycles. The Bertz CT molecular complexity index is 371. The molecular formula is C17H32N2O3. The molecule has 128 valence electrons. The number of hydrogen-bond acceptors (Lipinski definition) is 3. The number of rotatable bonds is 8. The van der Waals surface area contributed by atoms with E-state index in [4.69, 9.17) is 5.73 Å². The predicted molar refractivity (Wildman–Crippen MR) is 87.0 cm³/mol. The lowest BCUT2D eigenvalue weighted by Gasteiger charge is -2.38. The maximum absolute atomic E-state index is 13.0. The first-order valence-electron chi connectivity index (χ1n) is 8.62. The van der Waals surface area contributed by atoms with Crippen LogP contribution < -0.4 is 5.73 Å². The molecule has 3 N–H and O–H groups in total. The number of aliphatic hydroxyl groups is 1. The first-order valence-corrected chi connectivity index (χ1v) is 8.62. The zero-order valence-corrected chi connectivity index (χ0v) is 14.3. The quantitative estimate of drug-likeness (QED) is 0.718. The van der Waals surface area contributed by atoms with E-state index in [1.165, 1.54) is 0 Å². The number of carbonyl (C=O) groups excluding carboxylic acids is 2. The molecule has 22 heavy (non-hydrogen) atoms. The first kappa shape index (κ1) is 18.9. The Hall–Kier alpha value is -1.10. The summed E-state index contributed by atoms with van der Waals surface area (Å²) in [6.45, 7) is 6.80. The van der Waals surface area contributed by atoms with Gasteiger partial charge in [0.25, 0.3) is 0 Å². The summed E-state index contributed by atoms with van der Waals surface area (Å²) in [7, 11) is 0. The minimum absolute atomic E-state index is 0.00435. The zero-order chi connectivity index (χ0) is 16.7. The highest BCUT2D eigenvalue weighted by atomic mass is 16.3. The standard InChI is InChI=1S/C17H32N2O3/c1-4-7-14(16(18)21)15(10-12(2)3)17(22)19-9-6-5-8-13(19)11-20/h12-15,20H,4-11H2,1-3H3,(H2,18,21)/t13-,14?,15?/m1/s1. The van der Waals surface area contributed by atoms with Crippen LogP contribution in [-0.2, 0) is 9.59 Å². The van der Waals surface area contributed by atoms with E-state index in [0.29, 0.717) is 25.3 Å². The Balaban J connectivity index is 2.97. The van der Waals surface area contributed by atoms with Gasteiger partial charge in [0.15, 0.2) is 0 Å². The van der Waals surface area contributed by atoms with E-state index >= 15 is 0 Å². The molecule has 0 aromatic rings. The van der Waals surface area contributed by atoms with Gasteiger partial charge in [-0.1, -0.05) is 27.2 Å². The Morgan fingerprint density at radius 2 is 1.95 bits per heavy atom. The molecule has 0 aromatic heterocycles. The lowest BCUT2D eigenvalue weighted by molar-refractivity contribution is -0.146. The summed E-state index contributed by atoms with van der Waals surface area (Å²) in [5, 5.41) is 9.54. The molecule has 1 rings (SSSR count). The number of likely N-dealkylation sites (tertiary alicyclic amines) is 1. The second-order valence-corrected chi connectivity index (χ2v) is 6.90. The summed E-state index contributed by atoms with van der Waals surface area (Å²) in [5.41, 5.74) is 5.57. The molecule has 0 spiro atoms. The van der Waals surface area contributed by atoms with Crippen molar-refractivity contribution >= 4 is 11.8 Å². The molecule has 1 heterocycles. The smallest absolute Gasteiger partial charge is 0.226 e. The van der Waals surface area contributed by atoms with Gasteiger partial charge in [-0.05, 0) is 38.0 Å². The highest BCUT2D eigenvalue weighted by Gasteiger charge is 2.37. The number of nitrogens with zero attached hydrogens (tertiary/aromatic N) is 1. The highest BCUT2D eigenvalue weighted by Crippen LogP contribution is 2.29. The van der Waals surface area contributed by atoms with Crippen LogP contribution in [0.3, 0.4) is 0 Å². The van der Waals surface area contributed by atoms with Crippen molar-refractivity contribution in [2.75, 3.05) is 13.2 Å². The van der Waals surface area contributed by atoms with Crippen LogP contribution in [0.15, 0.2) is 0 Å². The minimum Gasteiger partial charge on any atom is -0.394 e. The van der Waals surface area contributed by atoms with Gasteiger partial charge in [0.05, 0.1) is 12.6 Å². The lowest BCUT2D eigenvalue weighted by Crippen LogP contribution is -2.50. The molecule has 0 bridgehead atoms. The Kier molecular flexibility index (Phi) is 7.87. The topological polar surface area (TPSA) is 83.6 Å². The summed E-state index contributed by atoms with van der Waals surface area (Å²) < 4.78 is 0. The van der Waals surface area contributed by atoms with Crippen molar-refractivity contribution in [3.63, 3.8) is 0 Å². The SMILES string of the molecule is CCCC(C(N)=O)C(CC(C)C)C(=O)N1CCCC[C@@H]1CO. The van der Waals surface area contributed by atoms with Crippen molar-refractivity contribution < 1.29 is 14.7 Å². The Labute approximate surface area is 134 Å². The number of aliphatic hydroxyl groups excluding tert-OH is 1. The summed E-state index contributed by atoms with van der Waals surface area (Å²) in [4.78, 5) is 26.7. The predicted octanol–water partition coefficient (Wildman–Crippen LogP) is 1.92. The van der Waals surface area contributed by atoms with Gasteiger partial charge in [0, 0.05) is 18.4 Å². The highest BCUT2D eigenvalue weighted by molar-refractivity contribution is 5.87. The second kappa shape index (κ2) is 9.13. The van der Waals surface area contributed by atoms with Crippen molar-refractivity contribution in [2.45, 2.75) is 65.3 Å². The van der Waals surface area contributed by atoms with Crippen LogP contribution in [0.5, 0.6) is 0 Å². The Morgan fingerprint density at radius 3 is 2.45 bits per heavy atom. The second-order valence-electron chi connectivity index (χ2n) is 6.90. The average molecular weight is 312 g/mol. The van der Waals surface area contributed by atoms with E-state index < -0.39 is 5.92 Å². The number of piperidine rings is 1. The van der Waals surface area contributed by atoms with Crippen molar-refractivity contribution in [3.8, 4) is 0 Å². The van der Waals surface area contributed by atoms with E-state index in [1.807, 2.05) is 6.92 Å². The number of carbonyl (C=O) groups is 2. The third-order valence-electron chi connectivity index (χ3n) is 4.61. The molecule has 1 aliphatic heterocycles. The van der Waals surface area contributed by atoms with Gasteiger partial charge >= 0.3 is 0 Å². The van der Waals surface area contributed by atoms with Gasteiger partial charge in [0.1, 0.15) is 0 Å². The molecule has 2 amide bonds. The third-order valence-corrected chi connectivity index (χ3v) is 4.61. The Morgan fingerprint density at radius 1 is 1.27 bits per heavy atom. The molecule has 1 fully saturated rings. The van der Waals surface area contributed by atoms with Gasteiger partial charge in [-0.15, -0.1) is 0 Å². The average Bonchev–Trinajstić information content (AvgIpc) is 2.49. The van der Waals surface area contributed by atoms with E-state index in [-0.39, 0.29) is 30.4 Å². The molecule has 3 atom stereocenters. The van der Waals surface area contributed by atoms with Crippen LogP contribution in [0.4, 0.5) is 0 Å². The fourth-order valence-electron chi connectivity index (χ4n) is 3.49. The van der Waals surface area contributed by atoms with Gasteiger partial charge in [-0.2, -0.15) is 0 Å². The van der Waals surface area contributed by atoms with Crippen LogP contribution in [0.2, 0.25) is 0 Å². The number of amides is 2. The maximum atomic E-state index is 13.0. The lowest BCUT2D eigenvalue weighted by atomic mass is 9.80. The molecule has 5 heteroatoms. The van der Waals surface area contributed by atoms with Gasteiger partial charge < -0.3 is 15.7 Å². The fraction of sp³-hybridized carbons (Fsp3) is 0.882. The van der Waals surface area contributed by atoms with Crippen molar-refractivity contribution in [2.24, 2.45) is 23.5 Å². The van der Waals surface area contributed by atoms with Crippen LogP contribution in [0.1, 0.15) is 59.3 Å². The molecule has 0 aromatic carbocycles. The van der Waals surface area contributed by atoms with Crippen LogP contribution in [0, 0.1) is 17.8 Å². The summed E-state index contributed by atoms with van der Waals surface area (Å²) in [6.07, 6.45) is 4.99. The molecule has 2 unspecified atom stereocenters. The summed E-state index contributed by atoms with van der Waals surface area (Å²) in [6, 6.07) is -0.105. The van der Waals surface area contributed by atoms with Crippen LogP contribution in [0.25, 0.3) is 0 Å². The third kappa shape index (κ3) is 4.97. The minimum atomic E-state index is -0.402. The normalized spacial score (nSPS) is 21.7. The maximum Gasteiger partial charge on any atom is 0.226 e. The fourth-order valence-corrected chi connectivity index (χ4v) is 3.49. The first-order chi connectivity index (χ1) is 10.4. The monoisotopic (exact) mass is 312 g/mol. The molecular weight excluding hydrogens is 280 g/mol. The van der Waals surface area contributed by atoms with E-state index in [1.54, 1.807) is 4.90 Å². The molecule has 5 nitrogen and oxygen atoms in total. The van der Waals surface area contributed by atoms with Crippen molar-refractivity contribution in [1.82, 2.24) is 4.90 Å². The van der Waals surface area contributed by atoms with Gasteiger partial charge in [-0.25, -0.2) is 0 Å². The number of nitrogens with two attached hydrogens (primary N) is 1. The van der Waals surface area contributed by atoms with Crippen molar-refractivity contribution in [1.29, 1.82) is 0 Å². The molecule has 0 saturated carbocycles. The van der Waals surface area contributed by atoms with E-state index in [2.05, 4.69) is 13.8 Å². The van der Waals surface area contributed by atoms with E-state index in [0.717, 1.165) is 25.7 Å². The number of hydrogen-bond donors (Lipinski definition) is 2. The van der Waals surface area contributed by atoms with Crippen LogP contribution in [-0.4, -0.2) is 41.0 Å². The largest absolute Gasteiger partial charge is 0.394 e.